The zero-order chi connectivity index (χ0) is 35.4. The van der Waals surface area contributed by atoms with Crippen LogP contribution in [0.25, 0.3) is 0 Å². The maximum absolute atomic E-state index is 13.1. The van der Waals surface area contributed by atoms with E-state index in [1.807, 2.05) is 6.92 Å². The predicted molar refractivity (Wildman–Crippen MR) is 161 cm³/mol. The van der Waals surface area contributed by atoms with Crippen molar-refractivity contribution >= 4 is 23.7 Å². The molecule has 3 aliphatic rings. The number of aliphatic hydroxyl groups is 2. The molecule has 4 rings (SSSR count). The van der Waals surface area contributed by atoms with Gasteiger partial charge in [-0.1, -0.05) is 13.8 Å². The topological polar surface area (TPSA) is 286 Å². The van der Waals surface area contributed by atoms with Gasteiger partial charge in [0.1, 0.15) is 36.5 Å². The fraction of sp³-hybridized carbons (Fsp3) is 0.655. The average Bonchev–Trinajstić information content (AvgIpc) is 3.28. The number of nitrogens with zero attached hydrogens (tertiary/aromatic N) is 1. The Hall–Kier alpha value is -4.14. The zero-order valence-electron chi connectivity index (χ0n) is 26.8. The lowest BCUT2D eigenvalue weighted by Gasteiger charge is -2.35. The van der Waals surface area contributed by atoms with E-state index in [-0.39, 0.29) is 12.0 Å². The highest BCUT2D eigenvalue weighted by Gasteiger charge is 2.55. The number of esters is 1. The summed E-state index contributed by atoms with van der Waals surface area (Å²) in [6.45, 7) is 5.18. The monoisotopic (exact) mass is 682 g/mol. The molecule has 2 fully saturated rings. The first kappa shape index (κ1) is 36.7. The number of aromatic amines is 1. The molecule has 11 atom stereocenters. The maximum atomic E-state index is 13.1. The number of aliphatic hydroxyl groups excluding tert-OH is 2. The van der Waals surface area contributed by atoms with E-state index in [4.69, 9.17) is 35.2 Å². The predicted octanol–water partition coefficient (Wildman–Crippen LogP) is -3.65. The van der Waals surface area contributed by atoms with Crippen LogP contribution in [0.4, 0.5) is 0 Å². The minimum absolute atomic E-state index is 0.0868. The summed E-state index contributed by atoms with van der Waals surface area (Å²) in [6, 6.07) is -1.09. The molecule has 0 bridgehead atoms. The van der Waals surface area contributed by atoms with E-state index in [1.54, 1.807) is 13.8 Å². The second kappa shape index (κ2) is 15.4. The van der Waals surface area contributed by atoms with Crippen LogP contribution in [0, 0.1) is 5.92 Å². The number of ether oxygens (including phenoxy) is 5. The van der Waals surface area contributed by atoms with Gasteiger partial charge in [-0.25, -0.2) is 4.79 Å². The van der Waals surface area contributed by atoms with Gasteiger partial charge in [0.15, 0.2) is 24.2 Å². The zero-order valence-corrected chi connectivity index (χ0v) is 26.8. The molecule has 0 saturated carbocycles. The van der Waals surface area contributed by atoms with Crippen molar-refractivity contribution in [3.63, 3.8) is 0 Å². The number of carbonyl (C=O) groups excluding carboxylic acids is 4. The van der Waals surface area contributed by atoms with Crippen molar-refractivity contribution in [3.8, 4) is 0 Å². The number of hydrogen-bond acceptors (Lipinski definition) is 14. The van der Waals surface area contributed by atoms with Crippen molar-refractivity contribution < 1.29 is 53.1 Å². The lowest BCUT2D eigenvalue weighted by Crippen LogP contribution is -2.55. The minimum Gasteiger partial charge on any atom is -0.456 e. The fourth-order valence-electron chi connectivity index (χ4n) is 5.52. The van der Waals surface area contributed by atoms with E-state index in [0.717, 1.165) is 22.9 Å². The molecule has 0 spiro atoms. The van der Waals surface area contributed by atoms with Crippen molar-refractivity contribution in [3.05, 3.63) is 44.9 Å². The Morgan fingerprint density at radius 1 is 1.15 bits per heavy atom. The first-order chi connectivity index (χ1) is 22.6. The quantitative estimate of drug-likeness (QED) is 0.111. The van der Waals surface area contributed by atoms with E-state index in [2.05, 4.69) is 15.6 Å². The molecule has 2 saturated heterocycles. The van der Waals surface area contributed by atoms with Crippen LogP contribution in [0.2, 0.25) is 0 Å². The van der Waals surface area contributed by atoms with E-state index in [1.165, 1.54) is 7.11 Å². The van der Waals surface area contributed by atoms with E-state index < -0.39 is 102 Å². The van der Waals surface area contributed by atoms with Gasteiger partial charge < -0.3 is 56.0 Å². The second-order valence-electron chi connectivity index (χ2n) is 12.2. The Bertz CT molecular complexity index is 1510. The van der Waals surface area contributed by atoms with Gasteiger partial charge in [0.2, 0.25) is 18.1 Å². The van der Waals surface area contributed by atoms with Crippen LogP contribution >= 0.6 is 0 Å². The summed E-state index contributed by atoms with van der Waals surface area (Å²) in [6.07, 6.45) is -9.65. The third-order valence-electron chi connectivity index (χ3n) is 8.28. The number of hydrogen-bond donors (Lipinski definition) is 7. The Balaban J connectivity index is 1.60. The summed E-state index contributed by atoms with van der Waals surface area (Å²) < 4.78 is 29.3. The van der Waals surface area contributed by atoms with Gasteiger partial charge in [-0.15, -0.1) is 0 Å². The van der Waals surface area contributed by atoms with E-state index in [9.17, 15) is 39.0 Å². The Morgan fingerprint density at radius 2 is 1.85 bits per heavy atom. The Labute approximate surface area is 273 Å². The number of aromatic nitrogens is 2. The van der Waals surface area contributed by atoms with Crippen LogP contribution in [0.5, 0.6) is 0 Å². The van der Waals surface area contributed by atoms with Crippen molar-refractivity contribution in [2.24, 2.45) is 17.4 Å². The second-order valence-corrected chi connectivity index (χ2v) is 12.2. The molecule has 1 unspecified atom stereocenters. The maximum Gasteiger partial charge on any atom is 0.330 e. The Kier molecular flexibility index (Phi) is 11.8. The lowest BCUT2D eigenvalue weighted by molar-refractivity contribution is -0.241. The molecule has 1 aromatic rings. The average molecular weight is 683 g/mol. The van der Waals surface area contributed by atoms with Gasteiger partial charge in [0, 0.05) is 25.4 Å². The summed E-state index contributed by atoms with van der Waals surface area (Å²) in [5.74, 6) is -4.28. The van der Waals surface area contributed by atoms with Crippen LogP contribution in [-0.4, -0.2) is 112 Å². The first-order valence-corrected chi connectivity index (χ1v) is 15.4. The molecule has 0 radical (unpaired) electrons. The van der Waals surface area contributed by atoms with Gasteiger partial charge >= 0.3 is 11.7 Å². The molecule has 266 valence electrons. The molecule has 0 aliphatic carbocycles. The van der Waals surface area contributed by atoms with Gasteiger partial charge in [-0.05, 0) is 38.2 Å². The van der Waals surface area contributed by atoms with Crippen molar-refractivity contribution in [1.82, 2.24) is 20.2 Å². The third kappa shape index (κ3) is 8.10. The van der Waals surface area contributed by atoms with Crippen LogP contribution in [-0.2, 0) is 42.9 Å². The number of H-pyrrole nitrogens is 1. The van der Waals surface area contributed by atoms with Gasteiger partial charge in [-0.3, -0.25) is 33.5 Å². The lowest BCUT2D eigenvalue weighted by atomic mass is 10.0. The van der Waals surface area contributed by atoms with E-state index >= 15 is 0 Å². The molecule has 19 nitrogen and oxygen atoms in total. The number of methoxy groups -OCH3 is 1. The molecule has 0 aromatic carbocycles. The molecule has 1 aromatic heterocycles. The molecule has 9 N–H and O–H groups in total. The number of nitrogens with one attached hydrogen (secondary N) is 3. The highest BCUT2D eigenvalue weighted by atomic mass is 16.7. The highest BCUT2D eigenvalue weighted by Crippen LogP contribution is 2.36. The fourth-order valence-corrected chi connectivity index (χ4v) is 5.52. The summed E-state index contributed by atoms with van der Waals surface area (Å²) in [7, 11) is 1.19. The summed E-state index contributed by atoms with van der Waals surface area (Å²) in [4.78, 5) is 78.0. The molecule has 48 heavy (non-hydrogen) atoms. The van der Waals surface area contributed by atoms with Crippen molar-refractivity contribution in [1.29, 1.82) is 0 Å². The molecular weight excluding hydrogens is 640 g/mol. The minimum atomic E-state index is -1.91. The highest BCUT2D eigenvalue weighted by molar-refractivity contribution is 5.95. The van der Waals surface area contributed by atoms with Crippen molar-refractivity contribution in [2.45, 2.75) is 107 Å². The Morgan fingerprint density at radius 3 is 2.48 bits per heavy atom. The SMILES string of the molecule is CO[C@H]1[C@@H](OC(=O)[C@H](N)C(C)C)[C@H](n2ccc(=O)[nH]c2=O)O[C@@H]1[C@H](O[C@@H]1OC(C(=O)NC2CCC[C@@H](C)NC2=O)=C[C@H](O)[C@@H]1O)C(N)=O. The number of primary amides is 1. The standard InChI is InChI=1S/C29H42N6O13/c1-11(2)17(30)27(42)47-22-19(44-4)20(46-26(22)35-9-8-16(37)34-29(35)43)21(23(31)39)48-28-18(38)14(36)10-15(45-28)25(41)33-13-7-5-6-12(3)32-24(13)40/h8-14,17-22,26,28,36,38H,5-7,30H2,1-4H3,(H2,31,39)(H,32,40)(H,33,41)(H,34,37,43)/t12-,13?,14+,17-,18+,19-,20+,21+,22-,26-,28+/m1/s1. The van der Waals surface area contributed by atoms with Crippen LogP contribution in [0.15, 0.2) is 33.7 Å². The van der Waals surface area contributed by atoms with Crippen LogP contribution in [0.3, 0.4) is 0 Å². The largest absolute Gasteiger partial charge is 0.456 e. The molecule has 3 amide bonds. The van der Waals surface area contributed by atoms with Crippen LogP contribution in [0.1, 0.15) is 46.3 Å². The molecule has 19 heteroatoms. The third-order valence-corrected chi connectivity index (χ3v) is 8.28. The number of amides is 3. The van der Waals surface area contributed by atoms with Crippen LogP contribution < -0.4 is 33.3 Å². The summed E-state index contributed by atoms with van der Waals surface area (Å²) >= 11 is 0. The molecule has 4 heterocycles. The van der Waals surface area contributed by atoms with Gasteiger partial charge in [-0.2, -0.15) is 0 Å². The van der Waals surface area contributed by atoms with E-state index in [0.29, 0.717) is 19.3 Å². The summed E-state index contributed by atoms with van der Waals surface area (Å²) in [5, 5.41) is 26.6. The number of carbonyl (C=O) groups is 4. The molecular formula is C29H42N6O13. The smallest absolute Gasteiger partial charge is 0.330 e. The van der Waals surface area contributed by atoms with Gasteiger partial charge in [0.25, 0.3) is 11.5 Å². The summed E-state index contributed by atoms with van der Waals surface area (Å²) in [5.41, 5.74) is 9.96. The van der Waals surface area contributed by atoms with Gasteiger partial charge in [0.05, 0.1) is 0 Å². The normalized spacial score (nSPS) is 31.9. The number of rotatable bonds is 11. The first-order valence-electron chi connectivity index (χ1n) is 15.4. The van der Waals surface area contributed by atoms with Crippen molar-refractivity contribution in [2.75, 3.05) is 7.11 Å². The molecule has 3 aliphatic heterocycles. The number of nitrogens with two attached hydrogens (primary N) is 2.